The van der Waals surface area contributed by atoms with Gasteiger partial charge in [-0.15, -0.1) is 11.3 Å². The van der Waals surface area contributed by atoms with Crippen LogP contribution in [0, 0.1) is 0 Å². The average molecular weight is 300 g/mol. The summed E-state index contributed by atoms with van der Waals surface area (Å²) in [7, 11) is 1.62. The first-order valence-electron chi connectivity index (χ1n) is 6.66. The second kappa shape index (κ2) is 5.71. The van der Waals surface area contributed by atoms with Crippen molar-refractivity contribution in [2.45, 2.75) is 6.54 Å². The van der Waals surface area contributed by atoms with Gasteiger partial charge in [-0.3, -0.25) is 9.36 Å². The van der Waals surface area contributed by atoms with E-state index in [1.54, 1.807) is 23.0 Å². The summed E-state index contributed by atoms with van der Waals surface area (Å²) in [5, 5.41) is 1.75. The molecule has 0 aliphatic carbocycles. The number of thiophene rings is 1. The van der Waals surface area contributed by atoms with Crippen molar-refractivity contribution in [1.29, 1.82) is 0 Å². The van der Waals surface area contributed by atoms with E-state index in [9.17, 15) is 4.79 Å². The number of hydrogen-bond acceptors (Lipinski definition) is 3. The van der Waals surface area contributed by atoms with Crippen LogP contribution in [0.5, 0.6) is 0 Å². The van der Waals surface area contributed by atoms with E-state index in [0.29, 0.717) is 24.0 Å². The molecule has 5 heteroatoms. The van der Waals surface area contributed by atoms with Gasteiger partial charge in [0.1, 0.15) is 10.8 Å². The fraction of sp³-hybridized carbons (Fsp3) is 0.188. The lowest BCUT2D eigenvalue weighted by molar-refractivity contribution is 0.185. The quantitative estimate of drug-likeness (QED) is 0.789. The van der Waals surface area contributed by atoms with E-state index in [0.717, 1.165) is 4.88 Å². The number of hydrogen-bond donors (Lipinski definition) is 1. The Morgan fingerprint density at radius 3 is 3.00 bits per heavy atom. The largest absolute Gasteiger partial charge is 0.383 e. The van der Waals surface area contributed by atoms with Crippen molar-refractivity contribution in [2.75, 3.05) is 13.7 Å². The summed E-state index contributed by atoms with van der Waals surface area (Å²) in [6.07, 6.45) is 1.88. The summed E-state index contributed by atoms with van der Waals surface area (Å²) in [5.41, 5.74) is 0.541. The number of rotatable bonds is 4. The van der Waals surface area contributed by atoms with Crippen LogP contribution in [0.2, 0.25) is 0 Å². The molecule has 108 valence electrons. The Hall–Kier alpha value is -2.11. The number of nitrogens with one attached hydrogen (secondary N) is 1. The van der Waals surface area contributed by atoms with E-state index in [1.165, 1.54) is 10.1 Å². The molecular formula is C16H16N2O2S. The van der Waals surface area contributed by atoms with Crippen molar-refractivity contribution in [1.82, 2.24) is 9.55 Å². The SMILES string of the molecule is C=c1[nH]/c(=C\c2cc3ccccc3s2)c(=O)n1CCOC. The van der Waals surface area contributed by atoms with Crippen LogP contribution in [-0.4, -0.2) is 23.3 Å². The molecule has 0 atom stereocenters. The highest BCUT2D eigenvalue weighted by Gasteiger charge is 2.03. The van der Waals surface area contributed by atoms with E-state index in [2.05, 4.69) is 29.8 Å². The Balaban J connectivity index is 2.07. The van der Waals surface area contributed by atoms with Gasteiger partial charge in [-0.2, -0.15) is 0 Å². The number of aromatic amines is 1. The van der Waals surface area contributed by atoms with Crippen LogP contribution < -0.4 is 16.4 Å². The molecule has 0 saturated heterocycles. The van der Waals surface area contributed by atoms with E-state index >= 15 is 0 Å². The van der Waals surface area contributed by atoms with Crippen molar-refractivity contribution >= 4 is 34.1 Å². The molecule has 0 fully saturated rings. The minimum Gasteiger partial charge on any atom is -0.383 e. The Labute approximate surface area is 125 Å². The van der Waals surface area contributed by atoms with Gasteiger partial charge >= 0.3 is 0 Å². The predicted octanol–water partition coefficient (Wildman–Crippen LogP) is 1.28. The first kappa shape index (κ1) is 13.9. The van der Waals surface area contributed by atoms with Gasteiger partial charge in [0.15, 0.2) is 0 Å². The topological polar surface area (TPSA) is 47.0 Å². The maximum Gasteiger partial charge on any atom is 0.275 e. The smallest absolute Gasteiger partial charge is 0.275 e. The number of methoxy groups -OCH3 is 1. The van der Waals surface area contributed by atoms with Crippen LogP contribution in [0.1, 0.15) is 4.88 Å². The summed E-state index contributed by atoms with van der Waals surface area (Å²) in [4.78, 5) is 16.4. The number of nitrogens with zero attached hydrogens (tertiary/aromatic N) is 1. The Morgan fingerprint density at radius 2 is 2.24 bits per heavy atom. The maximum atomic E-state index is 12.3. The van der Waals surface area contributed by atoms with Crippen LogP contribution in [-0.2, 0) is 11.3 Å². The predicted molar refractivity (Wildman–Crippen MR) is 87.1 cm³/mol. The van der Waals surface area contributed by atoms with Gasteiger partial charge in [-0.05, 0) is 23.6 Å². The molecule has 0 aliphatic heterocycles. The number of aromatic nitrogens is 2. The molecular weight excluding hydrogens is 284 g/mol. The van der Waals surface area contributed by atoms with E-state index < -0.39 is 0 Å². The molecule has 3 rings (SSSR count). The third-order valence-corrected chi connectivity index (χ3v) is 4.39. The summed E-state index contributed by atoms with van der Waals surface area (Å²) in [6, 6.07) is 10.3. The second-order valence-corrected chi connectivity index (χ2v) is 5.88. The zero-order chi connectivity index (χ0) is 14.8. The van der Waals surface area contributed by atoms with Gasteiger partial charge in [0, 0.05) is 16.7 Å². The third kappa shape index (κ3) is 2.70. The molecule has 0 unspecified atom stereocenters. The van der Waals surface area contributed by atoms with Gasteiger partial charge in [0.2, 0.25) is 0 Å². The Morgan fingerprint density at radius 1 is 1.43 bits per heavy atom. The van der Waals surface area contributed by atoms with Crippen LogP contribution in [0.4, 0.5) is 0 Å². The molecule has 0 bridgehead atoms. The summed E-state index contributed by atoms with van der Waals surface area (Å²) in [5.74, 6) is 0. The second-order valence-electron chi connectivity index (χ2n) is 4.77. The van der Waals surface area contributed by atoms with E-state index in [1.807, 2.05) is 18.2 Å². The molecule has 4 nitrogen and oxygen atoms in total. The van der Waals surface area contributed by atoms with Gasteiger partial charge in [-0.25, -0.2) is 0 Å². The number of ether oxygens (including phenoxy) is 1. The van der Waals surface area contributed by atoms with Crippen molar-refractivity contribution in [3.8, 4) is 0 Å². The first-order chi connectivity index (χ1) is 10.2. The highest BCUT2D eigenvalue weighted by atomic mass is 32.1. The molecule has 0 saturated carbocycles. The number of H-pyrrole nitrogens is 1. The molecule has 0 amide bonds. The molecule has 1 aromatic carbocycles. The molecule has 1 N–H and O–H groups in total. The molecule has 21 heavy (non-hydrogen) atoms. The van der Waals surface area contributed by atoms with Gasteiger partial charge in [0.05, 0.1) is 13.2 Å². The number of imidazole rings is 1. The molecule has 0 radical (unpaired) electrons. The van der Waals surface area contributed by atoms with Crippen molar-refractivity contribution in [3.05, 3.63) is 56.4 Å². The van der Waals surface area contributed by atoms with E-state index in [-0.39, 0.29) is 5.56 Å². The Bertz CT molecular complexity index is 900. The average Bonchev–Trinajstić information content (AvgIpc) is 2.99. The summed E-state index contributed by atoms with van der Waals surface area (Å²) in [6.45, 7) is 4.87. The van der Waals surface area contributed by atoms with Crippen LogP contribution in [0.15, 0.2) is 35.1 Å². The number of fused-ring (bicyclic) bond motifs is 1. The Kier molecular flexibility index (Phi) is 3.77. The first-order valence-corrected chi connectivity index (χ1v) is 7.47. The number of benzene rings is 1. The lowest BCUT2D eigenvalue weighted by Gasteiger charge is -1.98. The molecule has 2 heterocycles. The third-order valence-electron chi connectivity index (χ3n) is 3.33. The van der Waals surface area contributed by atoms with Crippen molar-refractivity contribution < 1.29 is 4.74 Å². The van der Waals surface area contributed by atoms with Crippen LogP contribution in [0.3, 0.4) is 0 Å². The van der Waals surface area contributed by atoms with Gasteiger partial charge in [0.25, 0.3) is 5.56 Å². The minimum absolute atomic E-state index is 0.0606. The fourth-order valence-electron chi connectivity index (χ4n) is 2.28. The highest BCUT2D eigenvalue weighted by molar-refractivity contribution is 7.19. The highest BCUT2D eigenvalue weighted by Crippen LogP contribution is 2.25. The lowest BCUT2D eigenvalue weighted by atomic mass is 10.2. The molecule has 0 spiro atoms. The van der Waals surface area contributed by atoms with E-state index in [4.69, 9.17) is 4.74 Å². The van der Waals surface area contributed by atoms with Crippen molar-refractivity contribution in [3.63, 3.8) is 0 Å². The summed E-state index contributed by atoms with van der Waals surface area (Å²) >= 11 is 1.66. The zero-order valence-corrected chi connectivity index (χ0v) is 12.6. The molecule has 3 aromatic rings. The van der Waals surface area contributed by atoms with Crippen molar-refractivity contribution in [2.24, 2.45) is 0 Å². The normalized spacial score (nSPS) is 12.3. The van der Waals surface area contributed by atoms with Crippen LogP contribution in [0.25, 0.3) is 22.7 Å². The van der Waals surface area contributed by atoms with Gasteiger partial charge in [-0.1, -0.05) is 24.8 Å². The standard InChI is InChI=1S/C16H16N2O2S/c1-11-17-14(16(19)18(11)7-8-20-2)10-13-9-12-5-3-4-6-15(12)21-13/h3-6,9-10,17H,1,7-8H2,2H3/b14-10-. The van der Waals surface area contributed by atoms with Crippen LogP contribution >= 0.6 is 11.3 Å². The maximum absolute atomic E-state index is 12.3. The molecule has 0 aliphatic rings. The molecule has 2 aromatic heterocycles. The fourth-order valence-corrected chi connectivity index (χ4v) is 3.29. The zero-order valence-electron chi connectivity index (χ0n) is 11.8. The van der Waals surface area contributed by atoms with Gasteiger partial charge < -0.3 is 9.72 Å². The lowest BCUT2D eigenvalue weighted by Crippen LogP contribution is -2.32. The summed E-state index contributed by atoms with van der Waals surface area (Å²) < 4.78 is 7.83. The minimum atomic E-state index is -0.0606. The monoisotopic (exact) mass is 300 g/mol.